The van der Waals surface area contributed by atoms with Gasteiger partial charge in [-0.1, -0.05) is 29.8 Å². The number of rotatable bonds is 4. The fourth-order valence-corrected chi connectivity index (χ4v) is 2.18. The van der Waals surface area contributed by atoms with Crippen molar-refractivity contribution >= 4 is 27.5 Å². The van der Waals surface area contributed by atoms with Crippen LogP contribution >= 0.6 is 27.5 Å². The van der Waals surface area contributed by atoms with Crippen molar-refractivity contribution in [1.29, 1.82) is 0 Å². The predicted molar refractivity (Wildman–Crippen MR) is 78.6 cm³/mol. The topological polar surface area (TPSA) is 24.9 Å². The van der Waals surface area contributed by atoms with Crippen LogP contribution in [-0.4, -0.2) is 4.98 Å². The summed E-state index contributed by atoms with van der Waals surface area (Å²) in [5, 5.41) is 4.20. The molecule has 18 heavy (non-hydrogen) atoms. The number of nitrogens with one attached hydrogen (secondary N) is 1. The molecule has 0 radical (unpaired) electrons. The summed E-state index contributed by atoms with van der Waals surface area (Å²) in [4.78, 5) is 4.39. The van der Waals surface area contributed by atoms with E-state index in [4.69, 9.17) is 11.6 Å². The maximum atomic E-state index is 5.87. The molecule has 1 aromatic carbocycles. The molecule has 2 nitrogen and oxygen atoms in total. The van der Waals surface area contributed by atoms with E-state index in [2.05, 4.69) is 33.2 Å². The van der Waals surface area contributed by atoms with Crippen LogP contribution in [0.1, 0.15) is 24.2 Å². The van der Waals surface area contributed by atoms with Crippen molar-refractivity contribution in [3.63, 3.8) is 0 Å². The molecule has 94 valence electrons. The number of benzene rings is 1. The van der Waals surface area contributed by atoms with Crippen molar-refractivity contribution in [1.82, 2.24) is 10.3 Å². The molecule has 0 spiro atoms. The first kappa shape index (κ1) is 13.5. The van der Waals surface area contributed by atoms with Crippen molar-refractivity contribution in [2.24, 2.45) is 0 Å². The molecule has 2 rings (SSSR count). The molecule has 0 saturated heterocycles. The summed E-state index contributed by atoms with van der Waals surface area (Å²) >= 11 is 9.24. The highest BCUT2D eigenvalue weighted by molar-refractivity contribution is 9.10. The van der Waals surface area contributed by atoms with Crippen molar-refractivity contribution < 1.29 is 0 Å². The van der Waals surface area contributed by atoms with E-state index in [1.54, 1.807) is 0 Å². The van der Waals surface area contributed by atoms with Gasteiger partial charge in [0.1, 0.15) is 4.60 Å². The Balaban J connectivity index is 1.96. The summed E-state index contributed by atoms with van der Waals surface area (Å²) in [6.07, 6.45) is 0. The zero-order valence-electron chi connectivity index (χ0n) is 10.0. The molecule has 1 aromatic heterocycles. The van der Waals surface area contributed by atoms with Crippen LogP contribution in [0, 0.1) is 0 Å². The lowest BCUT2D eigenvalue weighted by Crippen LogP contribution is -2.18. The monoisotopic (exact) mass is 324 g/mol. The normalized spacial score (nSPS) is 12.4. The van der Waals surface area contributed by atoms with Gasteiger partial charge in [0.05, 0.1) is 5.69 Å². The predicted octanol–water partition coefficient (Wildman–Crippen LogP) is 4.35. The molecule has 2 aromatic rings. The Morgan fingerprint density at radius 3 is 2.61 bits per heavy atom. The largest absolute Gasteiger partial charge is 0.305 e. The standard InChI is InChI=1S/C14H14BrClN2/c1-10(11-5-7-12(16)8-6-11)17-9-13-3-2-4-14(15)18-13/h2-8,10,17H,9H2,1H3/t10-/m1/s1. The van der Waals surface area contributed by atoms with E-state index in [-0.39, 0.29) is 6.04 Å². The van der Waals surface area contributed by atoms with E-state index in [0.29, 0.717) is 0 Å². The van der Waals surface area contributed by atoms with Crippen molar-refractivity contribution in [3.8, 4) is 0 Å². The first-order valence-corrected chi connectivity index (χ1v) is 6.92. The Bertz CT molecular complexity index is 513. The lowest BCUT2D eigenvalue weighted by atomic mass is 10.1. The Hall–Kier alpha value is -0.900. The minimum Gasteiger partial charge on any atom is -0.305 e. The molecule has 0 amide bonds. The van der Waals surface area contributed by atoms with Gasteiger partial charge in [0.2, 0.25) is 0 Å². The first-order valence-electron chi connectivity index (χ1n) is 5.75. The summed E-state index contributed by atoms with van der Waals surface area (Å²) < 4.78 is 0.862. The van der Waals surface area contributed by atoms with Crippen LogP contribution in [0.25, 0.3) is 0 Å². The number of halogens is 2. The van der Waals surface area contributed by atoms with Crippen LogP contribution in [0.3, 0.4) is 0 Å². The highest BCUT2D eigenvalue weighted by Gasteiger charge is 2.05. The summed E-state index contributed by atoms with van der Waals surface area (Å²) in [5.41, 5.74) is 2.24. The number of hydrogen-bond acceptors (Lipinski definition) is 2. The molecule has 0 fully saturated rings. The van der Waals surface area contributed by atoms with E-state index < -0.39 is 0 Å². The van der Waals surface area contributed by atoms with E-state index in [0.717, 1.165) is 21.9 Å². The van der Waals surface area contributed by atoms with Gasteiger partial charge in [0, 0.05) is 17.6 Å². The lowest BCUT2D eigenvalue weighted by molar-refractivity contribution is 0.567. The number of hydrogen-bond donors (Lipinski definition) is 1. The smallest absolute Gasteiger partial charge is 0.106 e. The van der Waals surface area contributed by atoms with Crippen LogP contribution in [-0.2, 0) is 6.54 Å². The summed E-state index contributed by atoms with van der Waals surface area (Å²) in [6, 6.07) is 14.1. The van der Waals surface area contributed by atoms with Crippen LogP contribution in [0.4, 0.5) is 0 Å². The maximum absolute atomic E-state index is 5.87. The number of pyridine rings is 1. The molecule has 1 heterocycles. The number of nitrogens with zero attached hydrogens (tertiary/aromatic N) is 1. The van der Waals surface area contributed by atoms with Gasteiger partial charge in [-0.25, -0.2) is 4.98 Å². The van der Waals surface area contributed by atoms with Gasteiger partial charge in [-0.15, -0.1) is 0 Å². The molecular weight excluding hydrogens is 312 g/mol. The van der Waals surface area contributed by atoms with Crippen LogP contribution in [0.5, 0.6) is 0 Å². The van der Waals surface area contributed by atoms with Crippen LogP contribution < -0.4 is 5.32 Å². The quantitative estimate of drug-likeness (QED) is 0.845. The Kier molecular flexibility index (Phi) is 4.75. The third-order valence-electron chi connectivity index (χ3n) is 2.73. The van der Waals surface area contributed by atoms with Gasteiger partial charge in [-0.3, -0.25) is 0 Å². The van der Waals surface area contributed by atoms with Gasteiger partial charge in [0.25, 0.3) is 0 Å². The minimum absolute atomic E-state index is 0.267. The molecule has 4 heteroatoms. The van der Waals surface area contributed by atoms with Gasteiger partial charge < -0.3 is 5.32 Å². The van der Waals surface area contributed by atoms with Gasteiger partial charge >= 0.3 is 0 Å². The number of aromatic nitrogens is 1. The minimum atomic E-state index is 0.267. The third kappa shape index (κ3) is 3.80. The van der Waals surface area contributed by atoms with Gasteiger partial charge in [-0.2, -0.15) is 0 Å². The van der Waals surface area contributed by atoms with E-state index in [1.165, 1.54) is 5.56 Å². The zero-order chi connectivity index (χ0) is 13.0. The second kappa shape index (κ2) is 6.32. The Morgan fingerprint density at radius 1 is 1.22 bits per heavy atom. The summed E-state index contributed by atoms with van der Waals surface area (Å²) in [6.45, 7) is 2.87. The summed E-state index contributed by atoms with van der Waals surface area (Å²) in [5.74, 6) is 0. The third-order valence-corrected chi connectivity index (χ3v) is 3.43. The van der Waals surface area contributed by atoms with E-state index in [9.17, 15) is 0 Å². The molecule has 0 unspecified atom stereocenters. The van der Waals surface area contributed by atoms with Crippen LogP contribution in [0.15, 0.2) is 47.1 Å². The summed E-state index contributed by atoms with van der Waals surface area (Å²) in [7, 11) is 0. The van der Waals surface area contributed by atoms with Gasteiger partial charge in [-0.05, 0) is 52.7 Å². The second-order valence-corrected chi connectivity index (χ2v) is 5.35. The molecule has 0 aliphatic heterocycles. The van der Waals surface area contributed by atoms with Crippen molar-refractivity contribution in [3.05, 3.63) is 63.3 Å². The zero-order valence-corrected chi connectivity index (χ0v) is 12.4. The van der Waals surface area contributed by atoms with E-state index >= 15 is 0 Å². The fraction of sp³-hybridized carbons (Fsp3) is 0.214. The van der Waals surface area contributed by atoms with E-state index in [1.807, 2.05) is 42.5 Å². The second-order valence-electron chi connectivity index (χ2n) is 4.11. The molecule has 1 atom stereocenters. The maximum Gasteiger partial charge on any atom is 0.106 e. The Morgan fingerprint density at radius 2 is 1.94 bits per heavy atom. The van der Waals surface area contributed by atoms with Gasteiger partial charge in [0.15, 0.2) is 0 Å². The average Bonchev–Trinajstić information content (AvgIpc) is 2.37. The van der Waals surface area contributed by atoms with Crippen molar-refractivity contribution in [2.75, 3.05) is 0 Å². The molecule has 0 bridgehead atoms. The van der Waals surface area contributed by atoms with Crippen molar-refractivity contribution in [2.45, 2.75) is 19.5 Å². The average molecular weight is 326 g/mol. The SMILES string of the molecule is C[C@@H](NCc1cccc(Br)n1)c1ccc(Cl)cc1. The highest BCUT2D eigenvalue weighted by atomic mass is 79.9. The molecule has 0 saturated carbocycles. The molecule has 0 aliphatic carbocycles. The highest BCUT2D eigenvalue weighted by Crippen LogP contribution is 2.16. The van der Waals surface area contributed by atoms with Crippen LogP contribution in [0.2, 0.25) is 5.02 Å². The molecule has 0 aliphatic rings. The first-order chi connectivity index (χ1) is 8.65. The Labute approximate surface area is 121 Å². The lowest BCUT2D eigenvalue weighted by Gasteiger charge is -2.14. The molecular formula is C14H14BrClN2. The molecule has 1 N–H and O–H groups in total. The fourth-order valence-electron chi connectivity index (χ4n) is 1.68.